The van der Waals surface area contributed by atoms with Crippen molar-refractivity contribution in [1.29, 1.82) is 0 Å². The fourth-order valence-corrected chi connectivity index (χ4v) is 3.84. The van der Waals surface area contributed by atoms with Gasteiger partial charge in [-0.15, -0.1) is 10.2 Å². The molecule has 1 fully saturated rings. The molecule has 1 aromatic heterocycles. The van der Waals surface area contributed by atoms with Gasteiger partial charge < -0.3 is 4.90 Å². The molecule has 1 aromatic carbocycles. The molecule has 3 rings (SSSR count). The van der Waals surface area contributed by atoms with Crippen LogP contribution in [0.25, 0.3) is 11.3 Å². The molecule has 0 aliphatic carbocycles. The third kappa shape index (κ3) is 4.60. The highest BCUT2D eigenvalue weighted by Crippen LogP contribution is 2.24. The van der Waals surface area contributed by atoms with Crippen molar-refractivity contribution in [1.82, 2.24) is 15.1 Å². The molecule has 2 aromatic rings. The Morgan fingerprint density at radius 3 is 2.56 bits per heavy atom. The normalized spacial score (nSPS) is 15.4. The predicted octanol–water partition coefficient (Wildman–Crippen LogP) is 4.11. The standard InChI is InChI=1S/C20H25N3OS/c1-14-8-10-23(11-9-14)20(24)13-25-19-7-6-18(21-22-19)17-5-4-15(2)12-16(17)3/h4-7,12,14H,8-11,13H2,1-3H3. The van der Waals surface area contributed by atoms with Gasteiger partial charge in [-0.25, -0.2) is 0 Å². The first-order valence-electron chi connectivity index (χ1n) is 8.85. The first-order chi connectivity index (χ1) is 12.0. The summed E-state index contributed by atoms with van der Waals surface area (Å²) in [5, 5.41) is 9.43. The minimum absolute atomic E-state index is 0.206. The van der Waals surface area contributed by atoms with Gasteiger partial charge in [0, 0.05) is 18.7 Å². The summed E-state index contributed by atoms with van der Waals surface area (Å²) in [6, 6.07) is 10.3. The average Bonchev–Trinajstić information content (AvgIpc) is 2.61. The highest BCUT2D eigenvalue weighted by molar-refractivity contribution is 7.99. The summed E-state index contributed by atoms with van der Waals surface area (Å²) in [7, 11) is 0. The number of aromatic nitrogens is 2. The van der Waals surface area contributed by atoms with Crippen LogP contribution >= 0.6 is 11.8 Å². The maximum absolute atomic E-state index is 12.3. The van der Waals surface area contributed by atoms with Crippen molar-refractivity contribution in [3.05, 3.63) is 41.5 Å². The van der Waals surface area contributed by atoms with Gasteiger partial charge in [0.1, 0.15) is 5.03 Å². The molecule has 5 heteroatoms. The zero-order chi connectivity index (χ0) is 17.8. The Labute approximate surface area is 154 Å². The molecule has 1 aliphatic heterocycles. The number of benzene rings is 1. The van der Waals surface area contributed by atoms with Crippen molar-refractivity contribution >= 4 is 17.7 Å². The lowest BCUT2D eigenvalue weighted by Gasteiger charge is -2.30. The minimum Gasteiger partial charge on any atom is -0.342 e. The Bertz CT molecular complexity index is 737. The lowest BCUT2D eigenvalue weighted by atomic mass is 9.99. The third-order valence-electron chi connectivity index (χ3n) is 4.78. The zero-order valence-electron chi connectivity index (χ0n) is 15.2. The van der Waals surface area contributed by atoms with Crippen LogP contribution in [-0.2, 0) is 4.79 Å². The van der Waals surface area contributed by atoms with Gasteiger partial charge in [-0.2, -0.15) is 0 Å². The molecule has 132 valence electrons. The summed E-state index contributed by atoms with van der Waals surface area (Å²) in [5.74, 6) is 1.38. The molecule has 2 heterocycles. The number of rotatable bonds is 4. The number of carbonyl (C=O) groups excluding carboxylic acids is 1. The molecule has 0 radical (unpaired) electrons. The largest absolute Gasteiger partial charge is 0.342 e. The van der Waals surface area contributed by atoms with Crippen molar-refractivity contribution in [2.24, 2.45) is 5.92 Å². The van der Waals surface area contributed by atoms with E-state index in [9.17, 15) is 4.79 Å². The van der Waals surface area contributed by atoms with Crippen molar-refractivity contribution in [2.45, 2.75) is 38.6 Å². The molecule has 0 saturated carbocycles. The van der Waals surface area contributed by atoms with E-state index in [0.29, 0.717) is 5.75 Å². The van der Waals surface area contributed by atoms with Crippen LogP contribution in [-0.4, -0.2) is 39.8 Å². The van der Waals surface area contributed by atoms with E-state index in [0.717, 1.165) is 48.1 Å². The first kappa shape index (κ1) is 17.9. The number of aryl methyl sites for hydroxylation is 2. The van der Waals surface area contributed by atoms with Gasteiger partial charge in [-0.3, -0.25) is 4.79 Å². The van der Waals surface area contributed by atoms with Gasteiger partial charge in [0.2, 0.25) is 5.91 Å². The molecule has 4 nitrogen and oxygen atoms in total. The molecule has 25 heavy (non-hydrogen) atoms. The lowest BCUT2D eigenvalue weighted by molar-refractivity contribution is -0.129. The van der Waals surface area contributed by atoms with Gasteiger partial charge in [0.25, 0.3) is 0 Å². The second-order valence-corrected chi connectivity index (χ2v) is 7.92. The van der Waals surface area contributed by atoms with E-state index in [-0.39, 0.29) is 5.91 Å². The van der Waals surface area contributed by atoms with Crippen molar-refractivity contribution in [3.8, 4) is 11.3 Å². The Balaban J connectivity index is 1.58. The number of likely N-dealkylation sites (tertiary alicyclic amines) is 1. The Morgan fingerprint density at radius 1 is 1.16 bits per heavy atom. The van der Waals surface area contributed by atoms with E-state index in [2.05, 4.69) is 49.2 Å². The quantitative estimate of drug-likeness (QED) is 0.774. The van der Waals surface area contributed by atoms with Crippen LogP contribution in [0.3, 0.4) is 0 Å². The van der Waals surface area contributed by atoms with Gasteiger partial charge in [0.05, 0.1) is 11.4 Å². The maximum atomic E-state index is 12.3. The molecule has 1 amide bonds. The van der Waals surface area contributed by atoms with E-state index in [4.69, 9.17) is 0 Å². The number of thioether (sulfide) groups is 1. The number of amides is 1. The van der Waals surface area contributed by atoms with Crippen molar-refractivity contribution in [3.63, 3.8) is 0 Å². The summed E-state index contributed by atoms with van der Waals surface area (Å²) in [4.78, 5) is 14.3. The number of hydrogen-bond acceptors (Lipinski definition) is 4. The Kier molecular flexibility index (Phi) is 5.74. The molecular weight excluding hydrogens is 330 g/mol. The van der Waals surface area contributed by atoms with Gasteiger partial charge in [0.15, 0.2) is 0 Å². The number of hydrogen-bond donors (Lipinski definition) is 0. The molecule has 0 unspecified atom stereocenters. The zero-order valence-corrected chi connectivity index (χ0v) is 16.0. The fourth-order valence-electron chi connectivity index (χ4n) is 3.13. The molecule has 0 spiro atoms. The summed E-state index contributed by atoms with van der Waals surface area (Å²) in [6.45, 7) is 8.20. The first-order valence-corrected chi connectivity index (χ1v) is 9.83. The summed E-state index contributed by atoms with van der Waals surface area (Å²) in [6.07, 6.45) is 2.22. The van der Waals surface area contributed by atoms with E-state index in [1.54, 1.807) is 0 Å². The second-order valence-electron chi connectivity index (χ2n) is 6.93. The van der Waals surface area contributed by atoms with E-state index >= 15 is 0 Å². The number of carbonyl (C=O) groups is 1. The van der Waals surface area contributed by atoms with Gasteiger partial charge in [-0.1, -0.05) is 42.4 Å². The second kappa shape index (κ2) is 8.00. The van der Waals surface area contributed by atoms with Gasteiger partial charge in [-0.05, 0) is 50.3 Å². The summed E-state index contributed by atoms with van der Waals surface area (Å²) < 4.78 is 0. The molecule has 1 aliphatic rings. The van der Waals surface area contributed by atoms with Crippen LogP contribution in [0.4, 0.5) is 0 Å². The lowest BCUT2D eigenvalue weighted by Crippen LogP contribution is -2.38. The molecular formula is C20H25N3OS. The summed E-state index contributed by atoms with van der Waals surface area (Å²) in [5.41, 5.74) is 4.42. The Morgan fingerprint density at radius 2 is 1.92 bits per heavy atom. The fraction of sp³-hybridized carbons (Fsp3) is 0.450. The molecule has 1 saturated heterocycles. The van der Waals surface area contributed by atoms with E-state index in [1.165, 1.54) is 22.9 Å². The topological polar surface area (TPSA) is 46.1 Å². The third-order valence-corrected chi connectivity index (χ3v) is 5.68. The van der Waals surface area contributed by atoms with Crippen LogP contribution in [0.2, 0.25) is 0 Å². The SMILES string of the molecule is Cc1ccc(-c2ccc(SCC(=O)N3CCC(C)CC3)nn2)c(C)c1. The van der Waals surface area contributed by atoms with E-state index in [1.807, 2.05) is 17.0 Å². The van der Waals surface area contributed by atoms with Crippen LogP contribution in [0, 0.1) is 19.8 Å². The highest BCUT2D eigenvalue weighted by Gasteiger charge is 2.20. The van der Waals surface area contributed by atoms with Crippen LogP contribution in [0.5, 0.6) is 0 Å². The predicted molar refractivity (Wildman–Crippen MR) is 103 cm³/mol. The molecule has 0 bridgehead atoms. The Hall–Kier alpha value is -1.88. The maximum Gasteiger partial charge on any atom is 0.232 e. The monoisotopic (exact) mass is 355 g/mol. The van der Waals surface area contributed by atoms with Crippen LogP contribution in [0.1, 0.15) is 30.9 Å². The average molecular weight is 356 g/mol. The van der Waals surface area contributed by atoms with Crippen molar-refractivity contribution < 1.29 is 4.79 Å². The number of nitrogens with zero attached hydrogens (tertiary/aromatic N) is 3. The van der Waals surface area contributed by atoms with Crippen LogP contribution in [0.15, 0.2) is 35.4 Å². The molecule has 0 atom stereocenters. The summed E-state index contributed by atoms with van der Waals surface area (Å²) >= 11 is 1.47. The van der Waals surface area contributed by atoms with Crippen LogP contribution < -0.4 is 0 Å². The molecule has 0 N–H and O–H groups in total. The van der Waals surface area contributed by atoms with E-state index < -0.39 is 0 Å². The van der Waals surface area contributed by atoms with Crippen molar-refractivity contribution in [2.75, 3.05) is 18.8 Å². The smallest absolute Gasteiger partial charge is 0.232 e. The highest BCUT2D eigenvalue weighted by atomic mass is 32.2. The number of piperidine rings is 1. The van der Waals surface area contributed by atoms with Gasteiger partial charge >= 0.3 is 0 Å². The minimum atomic E-state index is 0.206.